The number of rotatable bonds is 5. The van der Waals surface area contributed by atoms with Crippen LogP contribution in [0.2, 0.25) is 5.15 Å². The number of halogens is 4. The van der Waals surface area contributed by atoms with Crippen LogP contribution in [-0.4, -0.2) is 32.3 Å². The number of aromatic nitrogens is 2. The molecule has 0 aliphatic rings. The molecule has 1 aromatic heterocycles. The van der Waals surface area contributed by atoms with E-state index in [1.807, 2.05) is 4.83 Å². The summed E-state index contributed by atoms with van der Waals surface area (Å²) in [6, 6.07) is 3.60. The largest absolute Gasteiger partial charge is 0.501 e. The highest BCUT2D eigenvalue weighted by Crippen LogP contribution is 2.30. The third-order valence-corrected chi connectivity index (χ3v) is 5.73. The fourth-order valence-corrected chi connectivity index (χ4v) is 3.41. The first-order valence-electron chi connectivity index (χ1n) is 6.32. The summed E-state index contributed by atoms with van der Waals surface area (Å²) >= 11 is 5.62. The number of hydrogen-bond acceptors (Lipinski definition) is 8. The van der Waals surface area contributed by atoms with Gasteiger partial charge < -0.3 is 5.73 Å². The zero-order valence-electron chi connectivity index (χ0n) is 12.3. The first-order chi connectivity index (χ1) is 11.8. The summed E-state index contributed by atoms with van der Waals surface area (Å²) in [5, 5.41) is -0.0686. The minimum absolute atomic E-state index is 0.0686. The van der Waals surface area contributed by atoms with Gasteiger partial charge in [0.15, 0.2) is 0 Å². The van der Waals surface area contributed by atoms with Crippen molar-refractivity contribution in [1.29, 1.82) is 0 Å². The molecule has 0 fully saturated rings. The molecule has 0 aliphatic carbocycles. The van der Waals surface area contributed by atoms with E-state index in [-0.39, 0.29) is 16.9 Å². The molecular formula is C11H9ClF3N5O4S2. The van der Waals surface area contributed by atoms with Crippen LogP contribution in [0.5, 0.6) is 0 Å². The van der Waals surface area contributed by atoms with E-state index in [0.717, 1.165) is 6.07 Å². The third kappa shape index (κ3) is 4.32. The molecule has 1 heterocycles. The second-order valence-corrected chi connectivity index (χ2v) is 8.60. The van der Waals surface area contributed by atoms with Gasteiger partial charge in [-0.25, -0.2) is 21.8 Å². The second kappa shape index (κ2) is 6.86. The number of nitrogen functional groups attached to an aromatic ring is 1. The van der Waals surface area contributed by atoms with Crippen molar-refractivity contribution in [3.63, 3.8) is 0 Å². The lowest BCUT2D eigenvalue weighted by atomic mass is 10.4. The van der Waals surface area contributed by atoms with Crippen LogP contribution in [0.15, 0.2) is 40.1 Å². The SMILES string of the molecule is Nc1nc(Cl)cc(NNS(=O)(=O)c2ccc(S(=O)(=O)C(F)(F)F)cc2)n1. The van der Waals surface area contributed by atoms with Crippen LogP contribution in [0.3, 0.4) is 0 Å². The number of nitrogens with zero attached hydrogens (tertiary/aromatic N) is 2. The van der Waals surface area contributed by atoms with Gasteiger partial charge in [-0.2, -0.15) is 18.2 Å². The standard InChI is InChI=1S/C11H9ClF3N5O4S2/c12-8-5-9(18-10(16)17-8)19-20-26(23,24)7-3-1-6(2-4-7)25(21,22)11(13,14)15/h1-5,20H,(H3,16,17,18,19). The maximum absolute atomic E-state index is 12.5. The number of nitrogens with two attached hydrogens (primary N) is 1. The van der Waals surface area contributed by atoms with Crippen molar-refractivity contribution >= 4 is 43.2 Å². The highest BCUT2D eigenvalue weighted by atomic mass is 35.5. The van der Waals surface area contributed by atoms with E-state index in [1.165, 1.54) is 0 Å². The molecule has 9 nitrogen and oxygen atoms in total. The van der Waals surface area contributed by atoms with Crippen LogP contribution >= 0.6 is 11.6 Å². The average Bonchev–Trinajstić information content (AvgIpc) is 2.51. The molecule has 0 radical (unpaired) electrons. The summed E-state index contributed by atoms with van der Waals surface area (Å²) in [6.07, 6.45) is 0. The number of sulfonamides is 1. The number of alkyl halides is 3. The van der Waals surface area contributed by atoms with Gasteiger partial charge in [0, 0.05) is 6.07 Å². The Kier molecular flexibility index (Phi) is 5.32. The lowest BCUT2D eigenvalue weighted by Crippen LogP contribution is -2.30. The van der Waals surface area contributed by atoms with Crippen LogP contribution in [0, 0.1) is 0 Å². The Labute approximate surface area is 150 Å². The molecule has 2 aromatic rings. The maximum atomic E-state index is 12.5. The number of benzene rings is 1. The predicted molar refractivity (Wildman–Crippen MR) is 85.1 cm³/mol. The summed E-state index contributed by atoms with van der Waals surface area (Å²) in [5.74, 6) is -0.330. The zero-order chi connectivity index (χ0) is 19.8. The first-order valence-corrected chi connectivity index (χ1v) is 9.67. The Hall–Kier alpha value is -2.16. The van der Waals surface area contributed by atoms with E-state index >= 15 is 0 Å². The van der Waals surface area contributed by atoms with Gasteiger partial charge >= 0.3 is 5.51 Å². The second-order valence-electron chi connectivity index (χ2n) is 4.59. The van der Waals surface area contributed by atoms with Gasteiger partial charge in [-0.05, 0) is 24.3 Å². The molecule has 0 aliphatic heterocycles. The van der Waals surface area contributed by atoms with E-state index in [9.17, 15) is 30.0 Å². The predicted octanol–water partition coefficient (Wildman–Crippen LogP) is 1.31. The van der Waals surface area contributed by atoms with Crippen molar-refractivity contribution in [1.82, 2.24) is 14.8 Å². The molecule has 0 amide bonds. The average molecular weight is 432 g/mol. The van der Waals surface area contributed by atoms with E-state index in [1.54, 1.807) is 0 Å². The summed E-state index contributed by atoms with van der Waals surface area (Å²) in [7, 11) is -9.84. The normalized spacial score (nSPS) is 12.8. The van der Waals surface area contributed by atoms with E-state index in [4.69, 9.17) is 17.3 Å². The monoisotopic (exact) mass is 431 g/mol. The molecule has 26 heavy (non-hydrogen) atoms. The third-order valence-electron chi connectivity index (χ3n) is 2.77. The van der Waals surface area contributed by atoms with Crippen molar-refractivity contribution in [3.8, 4) is 0 Å². The Bertz CT molecular complexity index is 1010. The van der Waals surface area contributed by atoms with Gasteiger partial charge in [-0.15, -0.1) is 4.83 Å². The lowest BCUT2D eigenvalue weighted by molar-refractivity contribution is -0.0436. The Morgan fingerprint density at radius 2 is 1.54 bits per heavy atom. The number of hydrogen-bond donors (Lipinski definition) is 3. The number of anilines is 2. The fourth-order valence-electron chi connectivity index (χ4n) is 1.61. The van der Waals surface area contributed by atoms with Gasteiger partial charge in [-0.3, -0.25) is 5.43 Å². The van der Waals surface area contributed by atoms with Crippen LogP contribution in [0.4, 0.5) is 24.9 Å². The summed E-state index contributed by atoms with van der Waals surface area (Å²) in [4.78, 5) is 7.49. The Morgan fingerprint density at radius 3 is 2.04 bits per heavy atom. The molecule has 0 atom stereocenters. The van der Waals surface area contributed by atoms with Crippen molar-refractivity contribution < 1.29 is 30.0 Å². The molecule has 142 valence electrons. The molecule has 0 unspecified atom stereocenters. The zero-order valence-corrected chi connectivity index (χ0v) is 14.7. The summed E-state index contributed by atoms with van der Waals surface area (Å²) < 4.78 is 84.1. The van der Waals surface area contributed by atoms with Crippen LogP contribution in [-0.2, 0) is 19.9 Å². The Balaban J connectivity index is 2.22. The number of nitrogens with one attached hydrogen (secondary N) is 2. The molecular weight excluding hydrogens is 423 g/mol. The van der Waals surface area contributed by atoms with Gasteiger partial charge in [-0.1, -0.05) is 11.6 Å². The number of hydrazine groups is 1. The summed E-state index contributed by atoms with van der Waals surface area (Å²) in [5.41, 5.74) is 2.01. The van der Waals surface area contributed by atoms with Gasteiger partial charge in [0.25, 0.3) is 19.9 Å². The van der Waals surface area contributed by atoms with E-state index in [2.05, 4.69) is 15.4 Å². The van der Waals surface area contributed by atoms with Crippen LogP contribution in [0.1, 0.15) is 0 Å². The lowest BCUT2D eigenvalue weighted by Gasteiger charge is -2.11. The van der Waals surface area contributed by atoms with Crippen molar-refractivity contribution in [3.05, 3.63) is 35.5 Å². The van der Waals surface area contributed by atoms with E-state index in [0.29, 0.717) is 24.3 Å². The quantitative estimate of drug-likeness (QED) is 0.474. The molecule has 0 saturated heterocycles. The van der Waals surface area contributed by atoms with Gasteiger partial charge in [0.1, 0.15) is 11.0 Å². The van der Waals surface area contributed by atoms with E-state index < -0.39 is 35.2 Å². The molecule has 15 heteroatoms. The van der Waals surface area contributed by atoms with Crippen LogP contribution < -0.4 is 16.0 Å². The molecule has 4 N–H and O–H groups in total. The topological polar surface area (TPSA) is 144 Å². The highest BCUT2D eigenvalue weighted by molar-refractivity contribution is 7.92. The van der Waals surface area contributed by atoms with Crippen molar-refractivity contribution in [2.45, 2.75) is 15.3 Å². The Morgan fingerprint density at radius 1 is 1.00 bits per heavy atom. The summed E-state index contributed by atoms with van der Waals surface area (Å²) in [6.45, 7) is 0. The molecule has 0 spiro atoms. The maximum Gasteiger partial charge on any atom is 0.501 e. The molecule has 0 bridgehead atoms. The molecule has 2 rings (SSSR count). The van der Waals surface area contributed by atoms with Crippen molar-refractivity contribution in [2.75, 3.05) is 11.2 Å². The highest BCUT2D eigenvalue weighted by Gasteiger charge is 2.46. The van der Waals surface area contributed by atoms with Crippen molar-refractivity contribution in [2.24, 2.45) is 0 Å². The first kappa shape index (κ1) is 20.2. The van der Waals surface area contributed by atoms with Crippen LogP contribution in [0.25, 0.3) is 0 Å². The smallest absolute Gasteiger partial charge is 0.368 e. The molecule has 1 aromatic carbocycles. The number of sulfone groups is 1. The van der Waals surface area contributed by atoms with Gasteiger partial charge in [0.2, 0.25) is 5.95 Å². The van der Waals surface area contributed by atoms with Gasteiger partial charge in [0.05, 0.1) is 9.79 Å². The molecule has 0 saturated carbocycles. The minimum Gasteiger partial charge on any atom is -0.368 e. The fraction of sp³-hybridized carbons (Fsp3) is 0.0909. The minimum atomic E-state index is -5.58.